The molecule has 0 aliphatic heterocycles. The van der Waals surface area contributed by atoms with Gasteiger partial charge in [0.1, 0.15) is 0 Å². The molecule has 0 atom stereocenters. The van der Waals surface area contributed by atoms with Crippen LogP contribution in [-0.2, 0) is 0 Å². The highest BCUT2D eigenvalue weighted by Gasteiger charge is 1.99. The summed E-state index contributed by atoms with van der Waals surface area (Å²) < 4.78 is 0. The van der Waals surface area contributed by atoms with E-state index in [-0.39, 0.29) is 0 Å². The van der Waals surface area contributed by atoms with Gasteiger partial charge in [0.25, 0.3) is 0 Å². The summed E-state index contributed by atoms with van der Waals surface area (Å²) in [6.07, 6.45) is 1.20. The Morgan fingerprint density at radius 2 is 2.00 bits per heavy atom. The summed E-state index contributed by atoms with van der Waals surface area (Å²) >= 11 is 0. The Hall–Kier alpha value is -1.05. The Labute approximate surface area is 86.8 Å². The number of hydrogen-bond acceptors (Lipinski definition) is 2. The van der Waals surface area contributed by atoms with E-state index in [2.05, 4.69) is 30.2 Å². The highest BCUT2D eigenvalue weighted by atomic mass is 14.9. The molecule has 0 saturated carbocycles. The van der Waals surface area contributed by atoms with Crippen LogP contribution in [0.25, 0.3) is 0 Å². The molecule has 0 aliphatic carbocycles. The van der Waals surface area contributed by atoms with Crippen molar-refractivity contribution in [1.82, 2.24) is 4.98 Å². The average Bonchev–Trinajstić information content (AvgIpc) is 2.08. The molecular formula is C12H20N2. The van der Waals surface area contributed by atoms with Gasteiger partial charge in [-0.3, -0.25) is 4.98 Å². The minimum Gasteiger partial charge on any atom is -0.384 e. The van der Waals surface area contributed by atoms with Crippen LogP contribution in [0.2, 0.25) is 0 Å². The molecule has 1 heterocycles. The van der Waals surface area contributed by atoms with E-state index in [4.69, 9.17) is 0 Å². The molecule has 0 fully saturated rings. The van der Waals surface area contributed by atoms with E-state index in [1.807, 2.05) is 19.9 Å². The van der Waals surface area contributed by atoms with Gasteiger partial charge >= 0.3 is 0 Å². The Kier molecular flexibility index (Phi) is 3.93. The maximum atomic E-state index is 4.41. The minimum absolute atomic E-state index is 0.751. The summed E-state index contributed by atoms with van der Waals surface area (Å²) in [4.78, 5) is 4.41. The van der Waals surface area contributed by atoms with Crippen molar-refractivity contribution in [3.05, 3.63) is 23.5 Å². The largest absolute Gasteiger partial charge is 0.384 e. The number of nitrogens with one attached hydrogen (secondary N) is 1. The lowest BCUT2D eigenvalue weighted by Gasteiger charge is -2.10. The zero-order chi connectivity index (χ0) is 10.6. The monoisotopic (exact) mass is 192 g/mol. The van der Waals surface area contributed by atoms with Crippen molar-refractivity contribution in [3.63, 3.8) is 0 Å². The van der Waals surface area contributed by atoms with Crippen LogP contribution in [0.5, 0.6) is 0 Å². The number of anilines is 1. The van der Waals surface area contributed by atoms with Gasteiger partial charge in [0.2, 0.25) is 0 Å². The fraction of sp³-hybridized carbons (Fsp3) is 0.583. The Morgan fingerprint density at radius 3 is 2.57 bits per heavy atom. The smallest absolute Gasteiger partial charge is 0.0606 e. The molecule has 0 unspecified atom stereocenters. The van der Waals surface area contributed by atoms with Gasteiger partial charge in [-0.1, -0.05) is 13.8 Å². The second-order valence-corrected chi connectivity index (χ2v) is 4.19. The van der Waals surface area contributed by atoms with Crippen molar-refractivity contribution < 1.29 is 0 Å². The molecule has 1 N–H and O–H groups in total. The first-order valence-electron chi connectivity index (χ1n) is 5.27. The van der Waals surface area contributed by atoms with Gasteiger partial charge in [-0.25, -0.2) is 0 Å². The van der Waals surface area contributed by atoms with Crippen molar-refractivity contribution in [2.45, 2.75) is 34.1 Å². The van der Waals surface area contributed by atoms with Gasteiger partial charge in [-0.15, -0.1) is 0 Å². The fourth-order valence-electron chi connectivity index (χ4n) is 1.37. The second kappa shape index (κ2) is 4.99. The first-order chi connectivity index (χ1) is 6.59. The molecular weight excluding hydrogens is 172 g/mol. The van der Waals surface area contributed by atoms with Crippen LogP contribution in [-0.4, -0.2) is 11.5 Å². The normalized spacial score (nSPS) is 10.6. The summed E-state index contributed by atoms with van der Waals surface area (Å²) in [6, 6.07) is 4.16. The average molecular weight is 192 g/mol. The first kappa shape index (κ1) is 11.0. The minimum atomic E-state index is 0.751. The zero-order valence-corrected chi connectivity index (χ0v) is 9.59. The van der Waals surface area contributed by atoms with Crippen LogP contribution in [0.3, 0.4) is 0 Å². The molecule has 14 heavy (non-hydrogen) atoms. The van der Waals surface area contributed by atoms with E-state index in [1.165, 1.54) is 6.42 Å². The van der Waals surface area contributed by atoms with E-state index in [1.54, 1.807) is 0 Å². The van der Waals surface area contributed by atoms with Crippen molar-refractivity contribution in [2.75, 3.05) is 11.9 Å². The molecule has 0 radical (unpaired) electrons. The van der Waals surface area contributed by atoms with Gasteiger partial charge in [-0.2, -0.15) is 0 Å². The summed E-state index contributed by atoms with van der Waals surface area (Å²) in [5, 5.41) is 3.41. The van der Waals surface area contributed by atoms with Crippen LogP contribution >= 0.6 is 0 Å². The topological polar surface area (TPSA) is 24.9 Å². The Bertz CT molecular complexity index is 292. The molecule has 78 valence electrons. The highest BCUT2D eigenvalue weighted by Crippen LogP contribution is 2.12. The van der Waals surface area contributed by atoms with Gasteiger partial charge in [0.15, 0.2) is 0 Å². The molecule has 0 saturated heterocycles. The van der Waals surface area contributed by atoms with Crippen LogP contribution < -0.4 is 5.32 Å². The molecule has 2 heteroatoms. The molecule has 0 amide bonds. The predicted octanol–water partition coefficient (Wildman–Crippen LogP) is 3.16. The van der Waals surface area contributed by atoms with Crippen molar-refractivity contribution in [3.8, 4) is 0 Å². The fourth-order valence-corrected chi connectivity index (χ4v) is 1.37. The quantitative estimate of drug-likeness (QED) is 0.792. The Balaban J connectivity index is 2.51. The molecule has 2 nitrogen and oxygen atoms in total. The summed E-state index contributed by atoms with van der Waals surface area (Å²) in [5.74, 6) is 0.751. The standard InChI is InChI=1S/C12H20N2/c1-9(2)7-8-13-12-6-5-10(3)14-11(12)4/h5-6,9,13H,7-8H2,1-4H3. The van der Waals surface area contributed by atoms with Gasteiger partial charge in [0, 0.05) is 12.2 Å². The van der Waals surface area contributed by atoms with Crippen LogP contribution in [0.4, 0.5) is 5.69 Å². The van der Waals surface area contributed by atoms with E-state index >= 15 is 0 Å². The summed E-state index contributed by atoms with van der Waals surface area (Å²) in [6.45, 7) is 9.57. The maximum Gasteiger partial charge on any atom is 0.0606 e. The number of aromatic nitrogens is 1. The molecule has 0 aliphatic rings. The lowest BCUT2D eigenvalue weighted by atomic mass is 10.1. The molecule has 1 aromatic rings. The van der Waals surface area contributed by atoms with E-state index in [9.17, 15) is 0 Å². The van der Waals surface area contributed by atoms with E-state index < -0.39 is 0 Å². The van der Waals surface area contributed by atoms with Crippen LogP contribution in [0, 0.1) is 19.8 Å². The van der Waals surface area contributed by atoms with Crippen molar-refractivity contribution >= 4 is 5.69 Å². The van der Waals surface area contributed by atoms with Crippen molar-refractivity contribution in [2.24, 2.45) is 5.92 Å². The second-order valence-electron chi connectivity index (χ2n) is 4.19. The molecule has 1 aromatic heterocycles. The third-order valence-electron chi connectivity index (χ3n) is 2.26. The Morgan fingerprint density at radius 1 is 1.29 bits per heavy atom. The lowest BCUT2D eigenvalue weighted by molar-refractivity contribution is 0.607. The van der Waals surface area contributed by atoms with Gasteiger partial charge in [0.05, 0.1) is 11.4 Å². The third kappa shape index (κ3) is 3.36. The maximum absolute atomic E-state index is 4.41. The lowest BCUT2D eigenvalue weighted by Crippen LogP contribution is -2.06. The SMILES string of the molecule is Cc1ccc(NCCC(C)C)c(C)n1. The van der Waals surface area contributed by atoms with E-state index in [0.717, 1.165) is 29.5 Å². The molecule has 0 aromatic carbocycles. The number of rotatable bonds is 4. The van der Waals surface area contributed by atoms with Gasteiger partial charge in [-0.05, 0) is 38.3 Å². The first-order valence-corrected chi connectivity index (χ1v) is 5.27. The number of pyridine rings is 1. The highest BCUT2D eigenvalue weighted by molar-refractivity contribution is 5.47. The van der Waals surface area contributed by atoms with Crippen molar-refractivity contribution in [1.29, 1.82) is 0 Å². The molecule has 0 bridgehead atoms. The molecule has 0 spiro atoms. The number of nitrogens with zero attached hydrogens (tertiary/aromatic N) is 1. The predicted molar refractivity (Wildman–Crippen MR) is 61.7 cm³/mol. The molecule has 1 rings (SSSR count). The zero-order valence-electron chi connectivity index (χ0n) is 9.59. The van der Waals surface area contributed by atoms with Gasteiger partial charge < -0.3 is 5.32 Å². The van der Waals surface area contributed by atoms with E-state index in [0.29, 0.717) is 0 Å². The van der Waals surface area contributed by atoms with Crippen LogP contribution in [0.1, 0.15) is 31.7 Å². The summed E-state index contributed by atoms with van der Waals surface area (Å²) in [5.41, 5.74) is 3.34. The number of hydrogen-bond donors (Lipinski definition) is 1. The third-order valence-corrected chi connectivity index (χ3v) is 2.26. The van der Waals surface area contributed by atoms with Crippen LogP contribution in [0.15, 0.2) is 12.1 Å². The summed E-state index contributed by atoms with van der Waals surface area (Å²) in [7, 11) is 0. The number of aryl methyl sites for hydroxylation is 2.